The Bertz CT molecular complexity index is 922. The Morgan fingerprint density at radius 2 is 1.74 bits per heavy atom. The van der Waals surface area contributed by atoms with Crippen LogP contribution >= 0.6 is 11.6 Å². The summed E-state index contributed by atoms with van der Waals surface area (Å²) in [5.74, 6) is -0.427. The smallest absolute Gasteiger partial charge is 0.406 e. The summed E-state index contributed by atoms with van der Waals surface area (Å²) >= 11 is 5.86. The Morgan fingerprint density at radius 1 is 1.07 bits per heavy atom. The average molecular weight is 396 g/mol. The van der Waals surface area contributed by atoms with Crippen molar-refractivity contribution in [2.24, 2.45) is 0 Å². The van der Waals surface area contributed by atoms with E-state index in [2.05, 4.69) is 15.2 Å². The molecule has 1 heterocycles. The van der Waals surface area contributed by atoms with Gasteiger partial charge in [0.15, 0.2) is 0 Å². The van der Waals surface area contributed by atoms with Crippen molar-refractivity contribution in [3.8, 4) is 5.75 Å². The third kappa shape index (κ3) is 5.24. The third-order valence-corrected chi connectivity index (χ3v) is 3.81. The molecular weight excluding hydrogens is 383 g/mol. The highest BCUT2D eigenvalue weighted by Crippen LogP contribution is 2.23. The molecule has 9 heteroatoms. The van der Waals surface area contributed by atoms with Gasteiger partial charge in [0.1, 0.15) is 11.6 Å². The lowest BCUT2D eigenvalue weighted by atomic mass is 10.2. The highest BCUT2D eigenvalue weighted by molar-refractivity contribution is 6.30. The molecule has 0 spiro atoms. The van der Waals surface area contributed by atoms with Gasteiger partial charge >= 0.3 is 6.36 Å². The van der Waals surface area contributed by atoms with E-state index >= 15 is 0 Å². The predicted molar refractivity (Wildman–Crippen MR) is 93.9 cm³/mol. The third-order valence-electron chi connectivity index (χ3n) is 3.55. The van der Waals surface area contributed by atoms with Gasteiger partial charge in [-0.1, -0.05) is 23.7 Å². The van der Waals surface area contributed by atoms with Gasteiger partial charge in [0.2, 0.25) is 0 Å². The van der Waals surface area contributed by atoms with Crippen LogP contribution in [0, 0.1) is 0 Å². The fourth-order valence-corrected chi connectivity index (χ4v) is 2.45. The standard InChI is InChI=1S/C18H13ClF3N3O2/c19-14-5-1-12(2-6-14)11-25-16(9-10-23-25)24-17(26)13-3-7-15(8-4-13)27-18(20,21)22/h1-10H,11H2,(H,24,26). The quantitative estimate of drug-likeness (QED) is 0.679. The zero-order valence-electron chi connectivity index (χ0n) is 13.7. The molecule has 0 saturated heterocycles. The molecule has 0 aliphatic carbocycles. The number of amides is 1. The Morgan fingerprint density at radius 3 is 2.37 bits per heavy atom. The minimum Gasteiger partial charge on any atom is -0.406 e. The Balaban J connectivity index is 1.68. The van der Waals surface area contributed by atoms with E-state index < -0.39 is 18.0 Å². The highest BCUT2D eigenvalue weighted by Gasteiger charge is 2.31. The number of hydrogen-bond acceptors (Lipinski definition) is 3. The number of nitrogens with one attached hydrogen (secondary N) is 1. The number of benzene rings is 2. The van der Waals surface area contributed by atoms with E-state index in [0.29, 0.717) is 17.4 Å². The van der Waals surface area contributed by atoms with Crippen molar-refractivity contribution in [2.75, 3.05) is 5.32 Å². The number of halogens is 4. The lowest BCUT2D eigenvalue weighted by molar-refractivity contribution is -0.274. The molecule has 0 unspecified atom stereocenters. The van der Waals surface area contributed by atoms with Crippen molar-refractivity contribution in [3.05, 3.63) is 76.9 Å². The van der Waals surface area contributed by atoms with Crippen LogP contribution in [0.4, 0.5) is 19.0 Å². The van der Waals surface area contributed by atoms with E-state index in [4.69, 9.17) is 11.6 Å². The fraction of sp³-hybridized carbons (Fsp3) is 0.111. The molecule has 0 bridgehead atoms. The molecule has 3 rings (SSSR count). The lowest BCUT2D eigenvalue weighted by Gasteiger charge is -2.11. The first kappa shape index (κ1) is 18.8. The monoisotopic (exact) mass is 395 g/mol. The highest BCUT2D eigenvalue weighted by atomic mass is 35.5. The molecule has 0 fully saturated rings. The van der Waals surface area contributed by atoms with Gasteiger partial charge < -0.3 is 10.1 Å². The van der Waals surface area contributed by atoms with Crippen molar-refractivity contribution < 1.29 is 22.7 Å². The summed E-state index contributed by atoms with van der Waals surface area (Å²) in [5.41, 5.74) is 1.12. The molecule has 5 nitrogen and oxygen atoms in total. The van der Waals surface area contributed by atoms with Gasteiger partial charge in [0, 0.05) is 16.7 Å². The molecule has 0 radical (unpaired) electrons. The fourth-order valence-electron chi connectivity index (χ4n) is 2.32. The summed E-state index contributed by atoms with van der Waals surface area (Å²) in [6, 6.07) is 13.5. The second-order valence-electron chi connectivity index (χ2n) is 5.53. The molecule has 140 valence electrons. The Labute approximate surface area is 157 Å². The Kier molecular flexibility index (Phi) is 5.36. The number of carbonyl (C=O) groups is 1. The number of anilines is 1. The number of rotatable bonds is 5. The van der Waals surface area contributed by atoms with Crippen LogP contribution in [0.1, 0.15) is 15.9 Å². The molecular formula is C18H13ClF3N3O2. The number of ether oxygens (including phenoxy) is 1. The number of hydrogen-bond donors (Lipinski definition) is 1. The van der Waals surface area contributed by atoms with E-state index in [0.717, 1.165) is 17.7 Å². The van der Waals surface area contributed by atoms with Gasteiger partial charge in [-0.15, -0.1) is 13.2 Å². The number of nitrogens with zero attached hydrogens (tertiary/aromatic N) is 2. The summed E-state index contributed by atoms with van der Waals surface area (Å²) in [7, 11) is 0. The van der Waals surface area contributed by atoms with Crippen LogP contribution in [0.3, 0.4) is 0 Å². The van der Waals surface area contributed by atoms with E-state index in [1.807, 2.05) is 12.1 Å². The molecule has 1 aromatic heterocycles. The summed E-state index contributed by atoms with van der Waals surface area (Å²) in [4.78, 5) is 12.3. The van der Waals surface area contributed by atoms with Crippen LogP contribution in [-0.4, -0.2) is 22.1 Å². The molecule has 2 aromatic carbocycles. The van der Waals surface area contributed by atoms with Crippen molar-refractivity contribution in [3.63, 3.8) is 0 Å². The molecule has 0 atom stereocenters. The van der Waals surface area contributed by atoms with Crippen LogP contribution in [0.2, 0.25) is 5.02 Å². The Hall–Kier alpha value is -3.00. The topological polar surface area (TPSA) is 56.2 Å². The maximum absolute atomic E-state index is 12.3. The van der Waals surface area contributed by atoms with Gasteiger partial charge in [-0.2, -0.15) is 5.10 Å². The van der Waals surface area contributed by atoms with Gasteiger partial charge in [-0.05, 0) is 42.0 Å². The number of carbonyl (C=O) groups excluding carboxylic acids is 1. The van der Waals surface area contributed by atoms with Crippen molar-refractivity contribution >= 4 is 23.3 Å². The predicted octanol–water partition coefficient (Wildman–Crippen LogP) is 4.74. The van der Waals surface area contributed by atoms with Gasteiger partial charge in [-0.25, -0.2) is 4.68 Å². The largest absolute Gasteiger partial charge is 0.573 e. The van der Waals surface area contributed by atoms with Crippen molar-refractivity contribution in [2.45, 2.75) is 12.9 Å². The summed E-state index contributed by atoms with van der Waals surface area (Å²) in [6.07, 6.45) is -3.25. The van der Waals surface area contributed by atoms with Gasteiger partial charge in [0.25, 0.3) is 5.91 Å². The molecule has 27 heavy (non-hydrogen) atoms. The molecule has 0 saturated carbocycles. The molecule has 3 aromatic rings. The number of alkyl halides is 3. The first-order valence-electron chi connectivity index (χ1n) is 7.73. The van der Waals surface area contributed by atoms with Crippen LogP contribution in [0.5, 0.6) is 5.75 Å². The lowest BCUT2D eigenvalue weighted by Crippen LogP contribution is -2.18. The molecule has 1 N–H and O–H groups in total. The number of aromatic nitrogens is 2. The van der Waals surface area contributed by atoms with Gasteiger partial charge in [0.05, 0.1) is 12.7 Å². The van der Waals surface area contributed by atoms with Crippen LogP contribution in [0.25, 0.3) is 0 Å². The van der Waals surface area contributed by atoms with E-state index in [-0.39, 0.29) is 5.56 Å². The van der Waals surface area contributed by atoms with Crippen LogP contribution in [-0.2, 0) is 6.54 Å². The van der Waals surface area contributed by atoms with Crippen molar-refractivity contribution in [1.29, 1.82) is 0 Å². The minimum absolute atomic E-state index is 0.184. The zero-order chi connectivity index (χ0) is 19.4. The average Bonchev–Trinajstić information content (AvgIpc) is 3.03. The second kappa shape index (κ2) is 7.71. The second-order valence-corrected chi connectivity index (χ2v) is 5.96. The summed E-state index contributed by atoms with van der Waals surface area (Å²) in [6.45, 7) is 0.415. The maximum atomic E-state index is 12.3. The first-order chi connectivity index (χ1) is 12.8. The van der Waals surface area contributed by atoms with E-state index in [1.165, 1.54) is 18.3 Å². The normalized spacial score (nSPS) is 11.3. The summed E-state index contributed by atoms with van der Waals surface area (Å²) < 4.78 is 41.9. The summed E-state index contributed by atoms with van der Waals surface area (Å²) in [5, 5.41) is 7.45. The van der Waals surface area contributed by atoms with E-state index in [9.17, 15) is 18.0 Å². The zero-order valence-corrected chi connectivity index (χ0v) is 14.5. The van der Waals surface area contributed by atoms with Gasteiger partial charge in [-0.3, -0.25) is 4.79 Å². The van der Waals surface area contributed by atoms with Crippen molar-refractivity contribution in [1.82, 2.24) is 9.78 Å². The first-order valence-corrected chi connectivity index (χ1v) is 8.11. The van der Waals surface area contributed by atoms with E-state index in [1.54, 1.807) is 22.9 Å². The molecule has 0 aliphatic rings. The molecule has 0 aliphatic heterocycles. The van der Waals surface area contributed by atoms with Crippen LogP contribution < -0.4 is 10.1 Å². The van der Waals surface area contributed by atoms with Crippen LogP contribution in [0.15, 0.2) is 60.8 Å². The SMILES string of the molecule is O=C(Nc1ccnn1Cc1ccc(Cl)cc1)c1ccc(OC(F)(F)F)cc1. The minimum atomic E-state index is -4.78. The maximum Gasteiger partial charge on any atom is 0.573 e. The molecule has 1 amide bonds.